The topological polar surface area (TPSA) is 224 Å². The third-order valence-corrected chi connectivity index (χ3v) is 10.0. The fraction of sp³-hybridized carbons (Fsp3) is 0. The van der Waals surface area contributed by atoms with Gasteiger partial charge in [-0.2, -0.15) is 8.42 Å². The van der Waals surface area contributed by atoms with Crippen LogP contribution in [0, 0.1) is 0 Å². The third-order valence-electron chi connectivity index (χ3n) is 8.20. The van der Waals surface area contributed by atoms with Crippen molar-refractivity contribution in [3.05, 3.63) is 84.9 Å². The maximum absolute atomic E-state index is 12.6. The van der Waals surface area contributed by atoms with Gasteiger partial charge in [0.1, 0.15) is 38.4 Å². The predicted octanol–water partition coefficient (Wildman–Crippen LogP) is 6.70. The van der Waals surface area contributed by atoms with Crippen molar-refractivity contribution in [2.24, 2.45) is 0 Å². The molecule has 9 rings (SSSR count). The lowest BCUT2D eigenvalue weighted by molar-refractivity contribution is 0.376. The van der Waals surface area contributed by atoms with Crippen molar-refractivity contribution in [3.63, 3.8) is 0 Å². The number of fused-ring (bicyclic) bond motifs is 20. The molecule has 48 heavy (non-hydrogen) atoms. The van der Waals surface area contributed by atoms with Gasteiger partial charge in [0.2, 0.25) is 0 Å². The van der Waals surface area contributed by atoms with Gasteiger partial charge < -0.3 is 23.6 Å². The molecule has 8 bridgehead atoms. The third kappa shape index (κ3) is 4.32. The van der Waals surface area contributed by atoms with E-state index in [2.05, 4.69) is 15.0 Å². The van der Waals surface area contributed by atoms with Crippen LogP contribution in [0.25, 0.3) is 89.7 Å². The highest BCUT2D eigenvalue weighted by Gasteiger charge is 2.30. The number of H-pyrrole nitrogens is 2. The zero-order valence-electron chi connectivity index (χ0n) is 24.2. The Morgan fingerprint density at radius 3 is 1.56 bits per heavy atom. The van der Waals surface area contributed by atoms with Crippen LogP contribution in [0.2, 0.25) is 0 Å². The molecule has 0 fully saturated rings. The van der Waals surface area contributed by atoms with Crippen molar-refractivity contribution in [3.8, 4) is 45.6 Å². The van der Waals surface area contributed by atoms with Gasteiger partial charge in [-0.05, 0) is 12.1 Å². The molecule has 236 valence electrons. The molecule has 0 saturated heterocycles. The lowest BCUT2D eigenvalue weighted by atomic mass is 10.1. The van der Waals surface area contributed by atoms with Crippen LogP contribution in [0.4, 0.5) is 0 Å². The van der Waals surface area contributed by atoms with Crippen LogP contribution in [0.3, 0.4) is 0 Å². The molecule has 0 spiro atoms. The minimum Gasteiger partial charge on any atom is -0.324 e. The molecular weight excluding hydrogens is 657 g/mol. The van der Waals surface area contributed by atoms with Gasteiger partial charge in [-0.3, -0.25) is 4.55 Å². The molecule has 0 saturated carbocycles. The van der Waals surface area contributed by atoms with Gasteiger partial charge in [0, 0.05) is 43.8 Å². The number of nitrogens with one attached hydrogen (secondary N) is 2. The Morgan fingerprint density at radius 2 is 0.917 bits per heavy atom. The minimum absolute atomic E-state index is 0.00558. The van der Waals surface area contributed by atoms with E-state index in [-0.39, 0.29) is 44.4 Å². The summed E-state index contributed by atoms with van der Waals surface area (Å²) >= 11 is 0. The summed E-state index contributed by atoms with van der Waals surface area (Å²) in [6, 6.07) is 23.6. The first-order chi connectivity index (χ1) is 23.0. The van der Waals surface area contributed by atoms with Crippen molar-refractivity contribution in [1.82, 2.24) is 39.9 Å². The van der Waals surface area contributed by atoms with E-state index in [0.29, 0.717) is 44.8 Å². The normalized spacial score (nSPS) is 13.1. The summed E-state index contributed by atoms with van der Waals surface area (Å²) in [7, 11) is -9.00. The lowest BCUT2D eigenvalue weighted by Crippen LogP contribution is -1.99. The van der Waals surface area contributed by atoms with E-state index in [0.717, 1.165) is 5.39 Å². The molecule has 0 amide bonds. The molecular formula is C32H20N8O6S2. The Balaban J connectivity index is 1.53. The number of aromatic nitrogens is 8. The molecule has 3 aromatic heterocycles. The Kier molecular flexibility index (Phi) is 5.92. The Hall–Kier alpha value is -5.62. The predicted molar refractivity (Wildman–Crippen MR) is 180 cm³/mol. The van der Waals surface area contributed by atoms with Crippen molar-refractivity contribution in [1.29, 1.82) is 0 Å². The zero-order chi connectivity index (χ0) is 32.9. The first-order valence-electron chi connectivity index (χ1n) is 14.3. The second-order valence-electron chi connectivity index (χ2n) is 11.1. The molecule has 2 aliphatic heterocycles. The monoisotopic (exact) mass is 676 g/mol. The first kappa shape index (κ1) is 28.6. The summed E-state index contributed by atoms with van der Waals surface area (Å²) in [6.45, 7) is 0. The summed E-state index contributed by atoms with van der Waals surface area (Å²) in [6.07, 6.45) is 0. The SMILES string of the molecule is O=S(=O)(O)c1cccc2c3nc4nc(nc5[nH]c(nc6nc(nc([nH]3)c12)-c1cccc(S(O)(O)O)c1-6)c1ccccc51)-c1ccccc1-4. The Bertz CT molecular complexity index is 2830. The van der Waals surface area contributed by atoms with E-state index >= 15 is 0 Å². The molecule has 2 aliphatic rings. The first-order valence-corrected chi connectivity index (χ1v) is 17.2. The van der Waals surface area contributed by atoms with Crippen molar-refractivity contribution < 1.29 is 26.6 Å². The smallest absolute Gasteiger partial charge is 0.295 e. The van der Waals surface area contributed by atoms with Gasteiger partial charge in [-0.1, -0.05) is 72.8 Å². The van der Waals surface area contributed by atoms with Crippen molar-refractivity contribution in [2.45, 2.75) is 9.79 Å². The van der Waals surface area contributed by atoms with Gasteiger partial charge in [-0.15, -0.1) is 0 Å². The standard InChI is InChI=1S/C32H20N8O6S2/c41-47(42,43)21-13-5-11-19-23(21)32-38-29(19)36-27-16-8-2-1-7-15(16)25(34-27)33-26-17-9-3-4-10-18(17)28(35-26)37-31-24-20(30(39-31)40-32)12-6-14-22(24)48(44,45)46/h1-14,44-46H,(H,41,42,43)(H2,33,34,35,36,37,38,39,40). The molecule has 0 unspecified atom stereocenters. The van der Waals surface area contributed by atoms with Crippen LogP contribution >= 0.6 is 10.9 Å². The fourth-order valence-electron chi connectivity index (χ4n) is 6.17. The summed E-state index contributed by atoms with van der Waals surface area (Å²) in [5, 5.41) is 1.78. The summed E-state index contributed by atoms with van der Waals surface area (Å²) in [4.78, 5) is 34.3. The van der Waals surface area contributed by atoms with Crippen LogP contribution in [0.5, 0.6) is 0 Å². The number of aromatic amines is 2. The van der Waals surface area contributed by atoms with E-state index in [1.54, 1.807) is 12.1 Å². The minimum atomic E-state index is -4.74. The van der Waals surface area contributed by atoms with Crippen LogP contribution in [0.1, 0.15) is 0 Å². The van der Waals surface area contributed by atoms with Crippen LogP contribution in [-0.2, 0) is 10.1 Å². The van der Waals surface area contributed by atoms with Gasteiger partial charge in [-0.25, -0.2) is 29.9 Å². The second-order valence-corrected chi connectivity index (χ2v) is 13.9. The summed E-state index contributed by atoms with van der Waals surface area (Å²) in [5.74, 6) is 0.682. The molecule has 14 nitrogen and oxygen atoms in total. The van der Waals surface area contributed by atoms with E-state index in [1.165, 1.54) is 24.3 Å². The quantitative estimate of drug-likeness (QED) is 0.105. The molecule has 6 N–H and O–H groups in total. The van der Waals surface area contributed by atoms with Gasteiger partial charge in [0.15, 0.2) is 23.3 Å². The van der Waals surface area contributed by atoms with E-state index in [9.17, 15) is 26.6 Å². The largest absolute Gasteiger partial charge is 0.324 e. The van der Waals surface area contributed by atoms with E-state index in [1.807, 2.05) is 48.5 Å². The van der Waals surface area contributed by atoms with Gasteiger partial charge in [0.25, 0.3) is 10.1 Å². The maximum atomic E-state index is 12.6. The van der Waals surface area contributed by atoms with Crippen LogP contribution in [-0.4, -0.2) is 66.5 Å². The number of hydrogen-bond donors (Lipinski definition) is 6. The summed E-state index contributed by atoms with van der Waals surface area (Å²) < 4.78 is 66.6. The van der Waals surface area contributed by atoms with E-state index in [4.69, 9.17) is 24.9 Å². The van der Waals surface area contributed by atoms with E-state index < -0.39 is 25.9 Å². The molecule has 7 aromatic rings. The average Bonchev–Trinajstić information content (AvgIpc) is 3.79. The molecule has 16 heteroatoms. The Labute approximate surface area is 271 Å². The van der Waals surface area contributed by atoms with Gasteiger partial charge >= 0.3 is 0 Å². The molecule has 0 atom stereocenters. The zero-order valence-corrected chi connectivity index (χ0v) is 25.8. The average molecular weight is 677 g/mol. The molecule has 4 aromatic carbocycles. The number of benzene rings is 4. The number of hydrogen-bond acceptors (Lipinski definition) is 11. The highest BCUT2D eigenvalue weighted by molar-refractivity contribution is 8.19. The molecule has 0 radical (unpaired) electrons. The highest BCUT2D eigenvalue weighted by Crippen LogP contribution is 2.52. The molecule has 5 heterocycles. The number of nitrogens with zero attached hydrogens (tertiary/aromatic N) is 6. The number of rotatable bonds is 2. The maximum Gasteiger partial charge on any atom is 0.295 e. The fourth-order valence-corrected chi connectivity index (χ4v) is 7.62. The summed E-state index contributed by atoms with van der Waals surface area (Å²) in [5.41, 5.74) is 2.78. The van der Waals surface area contributed by atoms with Crippen molar-refractivity contribution >= 4 is 65.1 Å². The second kappa shape index (κ2) is 9.94. The highest BCUT2D eigenvalue weighted by atomic mass is 32.3. The van der Waals surface area contributed by atoms with Gasteiger partial charge in [0.05, 0.1) is 4.90 Å². The van der Waals surface area contributed by atoms with Crippen LogP contribution < -0.4 is 0 Å². The molecule has 0 aliphatic carbocycles. The Morgan fingerprint density at radius 1 is 0.458 bits per heavy atom. The van der Waals surface area contributed by atoms with Crippen molar-refractivity contribution in [2.75, 3.05) is 0 Å². The van der Waals surface area contributed by atoms with Crippen LogP contribution in [0.15, 0.2) is 94.7 Å². The lowest BCUT2D eigenvalue weighted by Gasteiger charge is -2.21.